The molecule has 0 fully saturated rings. The molecule has 0 saturated carbocycles. The lowest BCUT2D eigenvalue weighted by molar-refractivity contribution is 0.416. The summed E-state index contributed by atoms with van der Waals surface area (Å²) in [6.45, 7) is 4.42. The van der Waals surface area contributed by atoms with Crippen molar-refractivity contribution < 1.29 is 4.74 Å². The van der Waals surface area contributed by atoms with Crippen LogP contribution in [0.4, 0.5) is 0 Å². The van der Waals surface area contributed by atoms with E-state index in [4.69, 9.17) is 10.5 Å². The molecule has 0 aliphatic heterocycles. The number of aromatic nitrogens is 2. The first-order valence-electron chi connectivity index (χ1n) is 6.26. The summed E-state index contributed by atoms with van der Waals surface area (Å²) in [5.74, 6) is 1.12. The van der Waals surface area contributed by atoms with Crippen molar-refractivity contribution in [2.24, 2.45) is 5.73 Å². The minimum Gasteiger partial charge on any atom is -0.496 e. The summed E-state index contributed by atoms with van der Waals surface area (Å²) in [5, 5.41) is 5.46. The second-order valence-corrected chi connectivity index (χ2v) is 4.75. The largest absolute Gasteiger partial charge is 0.496 e. The van der Waals surface area contributed by atoms with Gasteiger partial charge in [-0.3, -0.25) is 15.0 Å². The number of hydrogen-bond acceptors (Lipinski definition) is 3. The fourth-order valence-corrected chi connectivity index (χ4v) is 2.09. The van der Waals surface area contributed by atoms with Crippen LogP contribution in [0.3, 0.4) is 0 Å². The van der Waals surface area contributed by atoms with Crippen molar-refractivity contribution in [2.75, 3.05) is 7.11 Å². The van der Waals surface area contributed by atoms with E-state index in [0.29, 0.717) is 22.9 Å². The van der Waals surface area contributed by atoms with Gasteiger partial charge in [-0.15, -0.1) is 0 Å². The molecule has 0 radical (unpaired) electrons. The number of ether oxygens (including phenoxy) is 1. The molecule has 1 aromatic carbocycles. The molecule has 0 amide bonds. The predicted molar refractivity (Wildman–Crippen MR) is 75.4 cm³/mol. The van der Waals surface area contributed by atoms with Crippen LogP contribution in [0.2, 0.25) is 0 Å². The number of benzene rings is 1. The van der Waals surface area contributed by atoms with Gasteiger partial charge in [0.25, 0.3) is 5.56 Å². The van der Waals surface area contributed by atoms with Gasteiger partial charge < -0.3 is 10.5 Å². The van der Waals surface area contributed by atoms with Gasteiger partial charge in [0.15, 0.2) is 0 Å². The molecule has 2 aromatic rings. The zero-order valence-electron chi connectivity index (χ0n) is 11.4. The third-order valence-corrected chi connectivity index (χ3v) is 3.24. The molecular weight excluding hydrogens is 242 g/mol. The number of methoxy groups -OCH3 is 1. The predicted octanol–water partition coefficient (Wildman–Crippen LogP) is 1.96. The quantitative estimate of drug-likeness (QED) is 0.786. The second kappa shape index (κ2) is 5.32. The van der Waals surface area contributed by atoms with Crippen LogP contribution in [0, 0.1) is 0 Å². The summed E-state index contributed by atoms with van der Waals surface area (Å²) >= 11 is 0. The zero-order valence-corrected chi connectivity index (χ0v) is 11.4. The van der Waals surface area contributed by atoms with Gasteiger partial charge in [-0.1, -0.05) is 19.9 Å². The zero-order chi connectivity index (χ0) is 14.0. The number of hydrogen-bond donors (Lipinski definition) is 3. The Bertz CT molecular complexity index is 626. The Morgan fingerprint density at radius 2 is 2.05 bits per heavy atom. The van der Waals surface area contributed by atoms with E-state index in [2.05, 4.69) is 24.0 Å². The molecule has 1 aromatic heterocycles. The molecule has 0 aliphatic rings. The molecule has 0 spiro atoms. The van der Waals surface area contributed by atoms with Gasteiger partial charge in [-0.2, -0.15) is 0 Å². The highest BCUT2D eigenvalue weighted by molar-refractivity contribution is 5.70. The molecule has 4 N–H and O–H groups in total. The van der Waals surface area contributed by atoms with Crippen molar-refractivity contribution >= 4 is 0 Å². The summed E-state index contributed by atoms with van der Waals surface area (Å²) in [7, 11) is 1.61. The highest BCUT2D eigenvalue weighted by Crippen LogP contribution is 2.32. The molecule has 102 valence electrons. The van der Waals surface area contributed by atoms with Crippen molar-refractivity contribution in [3.05, 3.63) is 39.7 Å². The Balaban J connectivity index is 2.65. The van der Waals surface area contributed by atoms with Crippen LogP contribution in [0.25, 0.3) is 11.3 Å². The SMILES string of the molecule is COc1ccc(C(C)C)cc1-c1[nH][nH]c(=O)c1CN. The van der Waals surface area contributed by atoms with Gasteiger partial charge in [-0.05, 0) is 23.6 Å². The van der Waals surface area contributed by atoms with Crippen LogP contribution >= 0.6 is 0 Å². The smallest absolute Gasteiger partial charge is 0.269 e. The lowest BCUT2D eigenvalue weighted by Crippen LogP contribution is -2.10. The Morgan fingerprint density at radius 3 is 2.63 bits per heavy atom. The summed E-state index contributed by atoms with van der Waals surface area (Å²) in [6.07, 6.45) is 0. The van der Waals surface area contributed by atoms with E-state index in [0.717, 1.165) is 5.56 Å². The van der Waals surface area contributed by atoms with Crippen LogP contribution in [0.15, 0.2) is 23.0 Å². The van der Waals surface area contributed by atoms with Gasteiger partial charge in [0.05, 0.1) is 18.4 Å². The van der Waals surface area contributed by atoms with Gasteiger partial charge in [0.1, 0.15) is 5.75 Å². The molecule has 5 nitrogen and oxygen atoms in total. The fraction of sp³-hybridized carbons (Fsp3) is 0.357. The van der Waals surface area contributed by atoms with Gasteiger partial charge >= 0.3 is 0 Å². The molecule has 5 heteroatoms. The molecule has 0 saturated heterocycles. The number of rotatable bonds is 4. The molecule has 0 unspecified atom stereocenters. The van der Waals surface area contributed by atoms with Gasteiger partial charge in [-0.25, -0.2) is 0 Å². The highest BCUT2D eigenvalue weighted by Gasteiger charge is 2.15. The first-order chi connectivity index (χ1) is 9.08. The molecule has 2 rings (SSSR count). The van der Waals surface area contributed by atoms with Crippen molar-refractivity contribution in [1.82, 2.24) is 10.2 Å². The topological polar surface area (TPSA) is 83.9 Å². The molecule has 0 aliphatic carbocycles. The molecule has 0 atom stereocenters. The average Bonchev–Trinajstić information content (AvgIpc) is 2.78. The van der Waals surface area contributed by atoms with Crippen LogP contribution in [-0.2, 0) is 6.54 Å². The normalized spacial score (nSPS) is 11.0. The molecule has 19 heavy (non-hydrogen) atoms. The van der Waals surface area contributed by atoms with Crippen molar-refractivity contribution in [2.45, 2.75) is 26.3 Å². The van der Waals surface area contributed by atoms with E-state index >= 15 is 0 Å². The standard InChI is InChI=1S/C14H19N3O2/c1-8(2)9-4-5-12(19-3)10(6-9)13-11(7-15)14(18)17-16-13/h4-6,8H,7,15H2,1-3H3,(H2,16,17,18). The maximum Gasteiger partial charge on any atom is 0.269 e. The first-order valence-corrected chi connectivity index (χ1v) is 6.26. The van der Waals surface area contributed by atoms with Gasteiger partial charge in [0.2, 0.25) is 0 Å². The number of nitrogens with one attached hydrogen (secondary N) is 2. The summed E-state index contributed by atoms with van der Waals surface area (Å²) in [4.78, 5) is 11.7. The first kappa shape index (κ1) is 13.4. The monoisotopic (exact) mass is 261 g/mol. The number of H-pyrrole nitrogens is 2. The van der Waals surface area contributed by atoms with Crippen molar-refractivity contribution in [1.29, 1.82) is 0 Å². The fourth-order valence-electron chi connectivity index (χ4n) is 2.09. The minimum absolute atomic E-state index is 0.184. The third kappa shape index (κ3) is 2.42. The Hall–Kier alpha value is -2.01. The third-order valence-electron chi connectivity index (χ3n) is 3.24. The van der Waals surface area contributed by atoms with Crippen LogP contribution in [0.5, 0.6) is 5.75 Å². The molecule has 0 bridgehead atoms. The molecule has 1 heterocycles. The maximum absolute atomic E-state index is 11.7. The van der Waals surface area contributed by atoms with E-state index in [1.54, 1.807) is 7.11 Å². The Kier molecular flexibility index (Phi) is 3.76. The van der Waals surface area contributed by atoms with E-state index in [-0.39, 0.29) is 12.1 Å². The number of nitrogens with two attached hydrogens (primary N) is 1. The average molecular weight is 261 g/mol. The van der Waals surface area contributed by atoms with E-state index in [1.165, 1.54) is 5.56 Å². The molecular formula is C14H19N3O2. The highest BCUT2D eigenvalue weighted by atomic mass is 16.5. The van der Waals surface area contributed by atoms with Crippen LogP contribution in [0.1, 0.15) is 30.9 Å². The van der Waals surface area contributed by atoms with Crippen LogP contribution in [-0.4, -0.2) is 17.3 Å². The lowest BCUT2D eigenvalue weighted by atomic mass is 9.97. The van der Waals surface area contributed by atoms with Crippen molar-refractivity contribution in [3.63, 3.8) is 0 Å². The van der Waals surface area contributed by atoms with Gasteiger partial charge in [0, 0.05) is 12.1 Å². The van der Waals surface area contributed by atoms with E-state index in [1.807, 2.05) is 18.2 Å². The van der Waals surface area contributed by atoms with E-state index < -0.39 is 0 Å². The lowest BCUT2D eigenvalue weighted by Gasteiger charge is -2.12. The summed E-state index contributed by atoms with van der Waals surface area (Å²) < 4.78 is 5.37. The maximum atomic E-state index is 11.7. The Labute approximate surface area is 111 Å². The summed E-state index contributed by atoms with van der Waals surface area (Å²) in [5.41, 5.74) is 8.73. The minimum atomic E-state index is -0.186. The number of aromatic amines is 2. The second-order valence-electron chi connectivity index (χ2n) is 4.75. The Morgan fingerprint density at radius 1 is 1.32 bits per heavy atom. The van der Waals surface area contributed by atoms with Crippen LogP contribution < -0.4 is 16.0 Å². The van der Waals surface area contributed by atoms with E-state index in [9.17, 15) is 4.79 Å². The van der Waals surface area contributed by atoms with Crippen molar-refractivity contribution in [3.8, 4) is 17.0 Å². The summed E-state index contributed by atoms with van der Waals surface area (Å²) in [6, 6.07) is 5.97.